The molecule has 0 aliphatic carbocycles. The summed E-state index contributed by atoms with van der Waals surface area (Å²) in [6.07, 6.45) is 3.15. The Labute approximate surface area is 123 Å². The minimum atomic E-state index is -0.630. The van der Waals surface area contributed by atoms with Crippen molar-refractivity contribution in [1.82, 2.24) is 10.3 Å². The highest BCUT2D eigenvalue weighted by molar-refractivity contribution is 5.35. The van der Waals surface area contributed by atoms with Gasteiger partial charge in [0.15, 0.2) is 0 Å². The molecule has 0 spiro atoms. The Morgan fingerprint density at radius 2 is 1.81 bits per heavy atom. The lowest BCUT2D eigenvalue weighted by Gasteiger charge is -2.19. The van der Waals surface area contributed by atoms with Crippen molar-refractivity contribution in [3.8, 4) is 5.75 Å². The summed E-state index contributed by atoms with van der Waals surface area (Å²) in [7, 11) is 1.65. The highest BCUT2D eigenvalue weighted by Gasteiger charge is 2.21. The van der Waals surface area contributed by atoms with Crippen LogP contribution in [0.1, 0.15) is 31.0 Å². The van der Waals surface area contributed by atoms with Crippen LogP contribution in [0.15, 0.2) is 36.7 Å². The predicted octanol–water partition coefficient (Wildman–Crippen LogP) is 3.46. The zero-order valence-electron chi connectivity index (χ0n) is 12.2. The van der Waals surface area contributed by atoms with Crippen LogP contribution in [-0.2, 0) is 0 Å². The van der Waals surface area contributed by atoms with E-state index in [1.165, 1.54) is 18.2 Å². The maximum absolute atomic E-state index is 14.0. The predicted molar refractivity (Wildman–Crippen MR) is 77.3 cm³/mol. The fourth-order valence-corrected chi connectivity index (χ4v) is 2.19. The van der Waals surface area contributed by atoms with E-state index in [1.807, 2.05) is 13.8 Å². The molecule has 1 aromatic heterocycles. The van der Waals surface area contributed by atoms with E-state index in [4.69, 9.17) is 4.74 Å². The van der Waals surface area contributed by atoms with Gasteiger partial charge < -0.3 is 10.1 Å². The van der Waals surface area contributed by atoms with Crippen LogP contribution in [-0.4, -0.2) is 18.1 Å². The van der Waals surface area contributed by atoms with Crippen LogP contribution < -0.4 is 10.1 Å². The minimum Gasteiger partial charge on any atom is -0.489 e. The number of nitrogens with one attached hydrogen (secondary N) is 1. The molecule has 1 unspecified atom stereocenters. The van der Waals surface area contributed by atoms with E-state index in [2.05, 4.69) is 10.3 Å². The van der Waals surface area contributed by atoms with Crippen molar-refractivity contribution in [1.29, 1.82) is 0 Å². The summed E-state index contributed by atoms with van der Waals surface area (Å²) < 4.78 is 33.5. The third-order valence-electron chi connectivity index (χ3n) is 3.02. The second-order valence-corrected chi connectivity index (χ2v) is 4.98. The molecule has 0 radical (unpaired) electrons. The molecular weight excluding hydrogens is 274 g/mol. The summed E-state index contributed by atoms with van der Waals surface area (Å²) >= 11 is 0. The first-order valence-electron chi connectivity index (χ1n) is 6.75. The topological polar surface area (TPSA) is 34.2 Å². The molecule has 1 atom stereocenters. The molecule has 2 rings (SSSR count). The van der Waals surface area contributed by atoms with E-state index in [-0.39, 0.29) is 11.7 Å². The number of ether oxygens (including phenoxy) is 1. The number of pyridine rings is 1. The molecule has 2 aromatic rings. The summed E-state index contributed by atoms with van der Waals surface area (Å²) in [5.74, 6) is -0.617. The third-order valence-corrected chi connectivity index (χ3v) is 3.02. The first-order chi connectivity index (χ1) is 10.0. The molecule has 1 heterocycles. The molecule has 0 fully saturated rings. The van der Waals surface area contributed by atoms with Gasteiger partial charge in [0.05, 0.1) is 18.3 Å². The van der Waals surface area contributed by atoms with Gasteiger partial charge in [-0.2, -0.15) is 0 Å². The summed E-state index contributed by atoms with van der Waals surface area (Å²) in [5, 5.41) is 2.92. The van der Waals surface area contributed by atoms with Gasteiger partial charge in [-0.15, -0.1) is 0 Å². The molecular formula is C16H18F2N2O. The SMILES string of the molecule is CNC(c1cncc(OC(C)C)c1)c1c(F)cccc1F. The number of hydrogen-bond donors (Lipinski definition) is 1. The van der Waals surface area contributed by atoms with Crippen molar-refractivity contribution in [2.45, 2.75) is 26.0 Å². The summed E-state index contributed by atoms with van der Waals surface area (Å²) in [5.41, 5.74) is 0.614. The lowest BCUT2D eigenvalue weighted by Crippen LogP contribution is -2.21. The van der Waals surface area contributed by atoms with Gasteiger partial charge in [0.25, 0.3) is 0 Å². The molecule has 0 saturated heterocycles. The lowest BCUT2D eigenvalue weighted by molar-refractivity contribution is 0.241. The molecule has 3 nitrogen and oxygen atoms in total. The van der Waals surface area contributed by atoms with Gasteiger partial charge in [-0.3, -0.25) is 4.98 Å². The Bertz CT molecular complexity index is 597. The Morgan fingerprint density at radius 1 is 1.14 bits per heavy atom. The summed E-state index contributed by atoms with van der Waals surface area (Å²) in [4.78, 5) is 4.08. The van der Waals surface area contributed by atoms with Crippen LogP contribution in [0.5, 0.6) is 5.75 Å². The lowest BCUT2D eigenvalue weighted by atomic mass is 9.99. The minimum absolute atomic E-state index is 0.000262. The van der Waals surface area contributed by atoms with Crippen molar-refractivity contribution in [3.05, 3.63) is 59.4 Å². The normalized spacial score (nSPS) is 12.5. The molecule has 1 aromatic carbocycles. The molecule has 0 aliphatic rings. The van der Waals surface area contributed by atoms with Crippen LogP contribution in [0.3, 0.4) is 0 Å². The van der Waals surface area contributed by atoms with Crippen LogP contribution in [0.25, 0.3) is 0 Å². The molecule has 0 amide bonds. The van der Waals surface area contributed by atoms with Crippen LogP contribution in [0, 0.1) is 11.6 Å². The molecule has 1 N–H and O–H groups in total. The van der Waals surface area contributed by atoms with Crippen LogP contribution in [0.2, 0.25) is 0 Å². The molecule has 21 heavy (non-hydrogen) atoms. The second kappa shape index (κ2) is 6.63. The van der Waals surface area contributed by atoms with E-state index in [9.17, 15) is 8.78 Å². The molecule has 0 aliphatic heterocycles. The maximum Gasteiger partial charge on any atom is 0.138 e. The zero-order chi connectivity index (χ0) is 15.4. The molecule has 0 bridgehead atoms. The van der Waals surface area contributed by atoms with Gasteiger partial charge in [0.1, 0.15) is 17.4 Å². The van der Waals surface area contributed by atoms with Gasteiger partial charge in [-0.1, -0.05) is 6.07 Å². The van der Waals surface area contributed by atoms with Gasteiger partial charge in [-0.05, 0) is 44.7 Å². The molecule has 0 saturated carbocycles. The van der Waals surface area contributed by atoms with E-state index < -0.39 is 17.7 Å². The van der Waals surface area contributed by atoms with Gasteiger partial charge in [0.2, 0.25) is 0 Å². The van der Waals surface area contributed by atoms with Gasteiger partial charge in [0, 0.05) is 11.8 Å². The third kappa shape index (κ3) is 3.55. The average molecular weight is 292 g/mol. The Balaban J connectivity index is 2.42. The van der Waals surface area contributed by atoms with Crippen molar-refractivity contribution in [3.63, 3.8) is 0 Å². The first kappa shape index (κ1) is 15.4. The Morgan fingerprint density at radius 3 is 2.38 bits per heavy atom. The average Bonchev–Trinajstić information content (AvgIpc) is 2.42. The standard InChI is InChI=1S/C16H18F2N2O/c1-10(2)21-12-7-11(8-20-9-12)16(19-3)15-13(17)5-4-6-14(15)18/h4-10,16,19H,1-3H3. The van der Waals surface area contributed by atoms with Crippen LogP contribution >= 0.6 is 0 Å². The van der Waals surface area contributed by atoms with Crippen molar-refractivity contribution >= 4 is 0 Å². The van der Waals surface area contributed by atoms with Crippen molar-refractivity contribution < 1.29 is 13.5 Å². The number of rotatable bonds is 5. The van der Waals surface area contributed by atoms with Crippen molar-refractivity contribution in [2.24, 2.45) is 0 Å². The second-order valence-electron chi connectivity index (χ2n) is 4.98. The van der Waals surface area contributed by atoms with E-state index in [0.717, 1.165) is 0 Å². The molecule has 5 heteroatoms. The maximum atomic E-state index is 14.0. The largest absolute Gasteiger partial charge is 0.489 e. The summed E-state index contributed by atoms with van der Waals surface area (Å²) in [6.45, 7) is 3.80. The van der Waals surface area contributed by atoms with Crippen LogP contribution in [0.4, 0.5) is 8.78 Å². The summed E-state index contributed by atoms with van der Waals surface area (Å²) in [6, 6.07) is 4.93. The van der Waals surface area contributed by atoms with E-state index in [1.54, 1.807) is 25.5 Å². The zero-order valence-corrected chi connectivity index (χ0v) is 12.2. The van der Waals surface area contributed by atoms with E-state index in [0.29, 0.717) is 11.3 Å². The highest BCUT2D eigenvalue weighted by Crippen LogP contribution is 2.28. The smallest absolute Gasteiger partial charge is 0.138 e. The van der Waals surface area contributed by atoms with Gasteiger partial charge >= 0.3 is 0 Å². The van der Waals surface area contributed by atoms with Gasteiger partial charge in [-0.25, -0.2) is 8.78 Å². The number of aromatic nitrogens is 1. The highest BCUT2D eigenvalue weighted by atomic mass is 19.1. The Hall–Kier alpha value is -2.01. The number of hydrogen-bond acceptors (Lipinski definition) is 3. The molecule has 112 valence electrons. The first-order valence-corrected chi connectivity index (χ1v) is 6.75. The fourth-order valence-electron chi connectivity index (χ4n) is 2.19. The number of nitrogens with zero attached hydrogens (tertiary/aromatic N) is 1. The van der Waals surface area contributed by atoms with Crippen molar-refractivity contribution in [2.75, 3.05) is 7.05 Å². The van der Waals surface area contributed by atoms with E-state index >= 15 is 0 Å². The number of halogens is 2. The monoisotopic (exact) mass is 292 g/mol. The Kier molecular flexibility index (Phi) is 4.85. The quantitative estimate of drug-likeness (QED) is 0.916. The number of benzene rings is 1. The fraction of sp³-hybridized carbons (Fsp3) is 0.312.